The van der Waals surface area contributed by atoms with Crippen LogP contribution in [0.5, 0.6) is 0 Å². The maximum atomic E-state index is 13.8. The van der Waals surface area contributed by atoms with Crippen LogP contribution in [0.2, 0.25) is 0 Å². The van der Waals surface area contributed by atoms with Crippen molar-refractivity contribution in [3.05, 3.63) is 11.6 Å². The zero-order valence-electron chi connectivity index (χ0n) is 21.8. The van der Waals surface area contributed by atoms with Gasteiger partial charge in [-0.3, -0.25) is 19.2 Å². The minimum Gasteiger partial charge on any atom is -0.458 e. The molecule has 1 aliphatic heterocycles. The summed E-state index contributed by atoms with van der Waals surface area (Å²) in [4.78, 5) is 50.4. The van der Waals surface area contributed by atoms with Crippen molar-refractivity contribution in [2.24, 2.45) is 34.5 Å². The van der Waals surface area contributed by atoms with E-state index < -0.39 is 29.6 Å². The van der Waals surface area contributed by atoms with Crippen LogP contribution in [0, 0.1) is 34.5 Å². The summed E-state index contributed by atoms with van der Waals surface area (Å²) in [5.74, 6) is -0.735. The molecule has 4 fully saturated rings. The maximum Gasteiger partial charge on any atom is 0.306 e. The quantitative estimate of drug-likeness (QED) is 0.428. The number of Topliss-reactive ketones (excluding diaryl/α,β-unsaturated/α-hetero) is 1. The second kappa shape index (κ2) is 7.74. The number of ketones is 2. The van der Waals surface area contributed by atoms with E-state index in [1.165, 1.54) is 12.5 Å². The fourth-order valence-electron chi connectivity index (χ4n) is 9.13. The van der Waals surface area contributed by atoms with E-state index in [2.05, 4.69) is 20.8 Å². The fraction of sp³-hybridized carbons (Fsp3) is 0.786. The van der Waals surface area contributed by atoms with Gasteiger partial charge in [-0.2, -0.15) is 0 Å². The molecule has 0 N–H and O–H groups in total. The van der Waals surface area contributed by atoms with Crippen molar-refractivity contribution >= 4 is 23.5 Å². The van der Waals surface area contributed by atoms with E-state index in [1.807, 2.05) is 13.0 Å². The van der Waals surface area contributed by atoms with Gasteiger partial charge in [-0.05, 0) is 49.5 Å². The summed E-state index contributed by atoms with van der Waals surface area (Å²) in [6, 6.07) is 0. The van der Waals surface area contributed by atoms with Crippen LogP contribution >= 0.6 is 0 Å². The third-order valence-corrected chi connectivity index (χ3v) is 10.6. The maximum absolute atomic E-state index is 13.8. The van der Waals surface area contributed by atoms with Crippen LogP contribution in [-0.2, 0) is 33.4 Å². The third-order valence-electron chi connectivity index (χ3n) is 10.6. The number of esters is 2. The highest BCUT2D eigenvalue weighted by Gasteiger charge is 2.83. The molecular weight excluding hydrogens is 448 g/mol. The molecule has 192 valence electrons. The average Bonchev–Trinajstić information content (AvgIpc) is 3.48. The molecule has 0 aromatic heterocycles. The largest absolute Gasteiger partial charge is 0.458 e. The van der Waals surface area contributed by atoms with E-state index in [4.69, 9.17) is 14.2 Å². The van der Waals surface area contributed by atoms with E-state index in [1.54, 1.807) is 6.92 Å². The first-order valence-electron chi connectivity index (χ1n) is 13.2. The summed E-state index contributed by atoms with van der Waals surface area (Å²) < 4.78 is 18.0. The summed E-state index contributed by atoms with van der Waals surface area (Å²) >= 11 is 0. The number of ether oxygens (including phenoxy) is 3. The van der Waals surface area contributed by atoms with Crippen LogP contribution in [0.4, 0.5) is 0 Å². The fourth-order valence-corrected chi connectivity index (χ4v) is 9.13. The van der Waals surface area contributed by atoms with Gasteiger partial charge < -0.3 is 14.2 Å². The van der Waals surface area contributed by atoms with E-state index in [9.17, 15) is 19.2 Å². The molecule has 0 aromatic carbocycles. The summed E-state index contributed by atoms with van der Waals surface area (Å²) in [5.41, 5.74) is -1.31. The van der Waals surface area contributed by atoms with E-state index in [-0.39, 0.29) is 58.8 Å². The van der Waals surface area contributed by atoms with Crippen molar-refractivity contribution in [2.75, 3.05) is 6.61 Å². The Morgan fingerprint density at radius 1 is 1.14 bits per heavy atom. The van der Waals surface area contributed by atoms with Crippen LogP contribution in [0.25, 0.3) is 0 Å². The van der Waals surface area contributed by atoms with Gasteiger partial charge in [0.1, 0.15) is 5.60 Å². The molecule has 7 nitrogen and oxygen atoms in total. The number of rotatable bonds is 5. The Balaban J connectivity index is 1.59. The summed E-state index contributed by atoms with van der Waals surface area (Å²) in [6.07, 6.45) is 5.53. The Kier molecular flexibility index (Phi) is 5.45. The van der Waals surface area contributed by atoms with Gasteiger partial charge >= 0.3 is 11.9 Å². The molecule has 35 heavy (non-hydrogen) atoms. The summed E-state index contributed by atoms with van der Waals surface area (Å²) in [5, 5.41) is 0. The Hall–Kier alpha value is -2.02. The van der Waals surface area contributed by atoms with Gasteiger partial charge in [-0.15, -0.1) is 0 Å². The van der Waals surface area contributed by atoms with Gasteiger partial charge in [0.25, 0.3) is 0 Å². The molecule has 1 spiro atoms. The van der Waals surface area contributed by atoms with Crippen molar-refractivity contribution < 1.29 is 33.4 Å². The zero-order valence-corrected chi connectivity index (χ0v) is 21.8. The van der Waals surface area contributed by atoms with Crippen LogP contribution < -0.4 is 0 Å². The summed E-state index contributed by atoms with van der Waals surface area (Å²) in [6.45, 7) is 11.2. The third kappa shape index (κ3) is 2.99. The van der Waals surface area contributed by atoms with Gasteiger partial charge in [0.2, 0.25) is 5.78 Å². The first-order chi connectivity index (χ1) is 16.4. The minimum atomic E-state index is -1.36. The first-order valence-corrected chi connectivity index (χ1v) is 13.2. The predicted octanol–water partition coefficient (Wildman–Crippen LogP) is 3.97. The molecule has 0 unspecified atom stereocenters. The van der Waals surface area contributed by atoms with Crippen molar-refractivity contribution in [3.8, 4) is 0 Å². The SMILES string of the molecule is CCC(=O)O[C@]1(C(=O)COC(C)=O)[C@@H](C)C[C@H]2[C@@H]3C[C@H](C)C4=CC(=O)CC[C@]4(C)[C@]34O[C@H]4C[C@@]21C. The molecule has 4 aliphatic carbocycles. The van der Waals surface area contributed by atoms with Gasteiger partial charge in [0.15, 0.2) is 18.0 Å². The molecule has 0 bridgehead atoms. The molecule has 0 aromatic rings. The number of carbonyl (C=O) groups excluding carboxylic acids is 4. The highest BCUT2D eigenvalue weighted by molar-refractivity contribution is 5.94. The van der Waals surface area contributed by atoms with Crippen LogP contribution in [0.3, 0.4) is 0 Å². The first kappa shape index (κ1) is 24.7. The molecule has 3 saturated carbocycles. The Morgan fingerprint density at radius 3 is 2.51 bits per heavy atom. The van der Waals surface area contributed by atoms with Gasteiger partial charge in [-0.1, -0.05) is 40.2 Å². The summed E-state index contributed by atoms with van der Waals surface area (Å²) in [7, 11) is 0. The van der Waals surface area contributed by atoms with E-state index in [0.29, 0.717) is 12.8 Å². The van der Waals surface area contributed by atoms with E-state index in [0.717, 1.165) is 19.3 Å². The van der Waals surface area contributed by atoms with Crippen molar-refractivity contribution in [1.29, 1.82) is 0 Å². The Labute approximate surface area is 207 Å². The molecule has 7 heteroatoms. The normalized spacial score (nSPS) is 47.4. The topological polar surface area (TPSA) is 99.3 Å². The molecule has 5 rings (SSSR count). The average molecular weight is 487 g/mol. The molecule has 0 amide bonds. The van der Waals surface area contributed by atoms with Gasteiger partial charge in [-0.25, -0.2) is 0 Å². The number of epoxide rings is 1. The zero-order chi connectivity index (χ0) is 25.6. The van der Waals surface area contributed by atoms with Gasteiger partial charge in [0, 0.05) is 36.5 Å². The Morgan fingerprint density at radius 2 is 1.86 bits per heavy atom. The van der Waals surface area contributed by atoms with Crippen molar-refractivity contribution in [3.63, 3.8) is 0 Å². The number of hydrogen-bond acceptors (Lipinski definition) is 7. The molecule has 9 atom stereocenters. The molecule has 5 aliphatic rings. The second-order valence-corrected chi connectivity index (χ2v) is 12.2. The molecule has 0 radical (unpaired) electrons. The van der Waals surface area contributed by atoms with Crippen LogP contribution in [-0.4, -0.2) is 47.4 Å². The minimum absolute atomic E-state index is 0.0608. The van der Waals surface area contributed by atoms with Crippen LogP contribution in [0.1, 0.15) is 80.1 Å². The monoisotopic (exact) mass is 486 g/mol. The number of carbonyl (C=O) groups is 4. The number of hydrogen-bond donors (Lipinski definition) is 0. The predicted molar refractivity (Wildman–Crippen MR) is 126 cm³/mol. The lowest BCUT2D eigenvalue weighted by atomic mass is 9.44. The highest BCUT2D eigenvalue weighted by Crippen LogP contribution is 2.78. The van der Waals surface area contributed by atoms with Crippen molar-refractivity contribution in [1.82, 2.24) is 0 Å². The van der Waals surface area contributed by atoms with Gasteiger partial charge in [0.05, 0.1) is 6.10 Å². The lowest BCUT2D eigenvalue weighted by Gasteiger charge is -2.58. The Bertz CT molecular complexity index is 1030. The van der Waals surface area contributed by atoms with Crippen molar-refractivity contribution in [2.45, 2.75) is 97.4 Å². The molecule has 1 heterocycles. The second-order valence-electron chi connectivity index (χ2n) is 12.2. The smallest absolute Gasteiger partial charge is 0.306 e. The van der Waals surface area contributed by atoms with Crippen LogP contribution in [0.15, 0.2) is 11.6 Å². The molecule has 1 saturated heterocycles. The lowest BCUT2D eigenvalue weighted by molar-refractivity contribution is -0.195. The highest BCUT2D eigenvalue weighted by atomic mass is 16.6. The standard InChI is InChI=1S/C28H38O7/c1-7-24(32)35-27(22(31)14-33-17(4)29)16(3)11-20-21-10-15(2)19-12-18(30)8-9-25(19,5)28(21)23(34-28)13-26(20,27)6/h12,15-16,20-21,23H,7-11,13-14H2,1-6H3/t15-,16-,20-,21-,23-,25-,26-,27-,28-/m0/s1. The molecular formula is C28H38O7. The van der Waals surface area contributed by atoms with E-state index >= 15 is 0 Å². The lowest BCUT2D eigenvalue weighted by Crippen LogP contribution is -2.64. The number of fused-ring (bicyclic) bond motifs is 3.